The molecule has 0 radical (unpaired) electrons. The van der Waals surface area contributed by atoms with Crippen LogP contribution in [0.15, 0.2) is 51.7 Å². The lowest BCUT2D eigenvalue weighted by atomic mass is 10.0. The van der Waals surface area contributed by atoms with Crippen molar-refractivity contribution >= 4 is 0 Å². The van der Waals surface area contributed by atoms with Gasteiger partial charge in [0.15, 0.2) is 0 Å². The highest BCUT2D eigenvalue weighted by atomic mass is 19.1. The highest BCUT2D eigenvalue weighted by Crippen LogP contribution is 2.32. The zero-order valence-corrected chi connectivity index (χ0v) is 11.1. The zero-order valence-electron chi connectivity index (χ0n) is 11.1. The molecule has 6 heteroatoms. The monoisotopic (exact) mass is 286 g/mol. The molecule has 0 unspecified atom stereocenters. The number of halogens is 1. The number of aromatic amines is 1. The second-order valence-corrected chi connectivity index (χ2v) is 4.34. The molecule has 0 atom stereocenters. The average molecular weight is 286 g/mol. The van der Waals surface area contributed by atoms with Gasteiger partial charge in [-0.1, -0.05) is 12.1 Å². The molecular formula is C15H11FN2O3. The van der Waals surface area contributed by atoms with Crippen LogP contribution >= 0.6 is 0 Å². The van der Waals surface area contributed by atoms with Gasteiger partial charge in [0.05, 0.1) is 7.11 Å². The first-order valence-corrected chi connectivity index (χ1v) is 6.17. The van der Waals surface area contributed by atoms with Crippen LogP contribution in [0, 0.1) is 5.82 Å². The van der Waals surface area contributed by atoms with Gasteiger partial charge in [-0.25, -0.2) is 14.3 Å². The van der Waals surface area contributed by atoms with E-state index in [0.29, 0.717) is 16.9 Å². The minimum atomic E-state index is -0.626. The smallest absolute Gasteiger partial charge is 0.434 e. The highest BCUT2D eigenvalue weighted by molar-refractivity contribution is 5.74. The molecule has 0 fully saturated rings. The van der Waals surface area contributed by atoms with E-state index in [-0.39, 0.29) is 11.7 Å². The van der Waals surface area contributed by atoms with Crippen LogP contribution in [0.4, 0.5) is 4.39 Å². The van der Waals surface area contributed by atoms with Crippen LogP contribution in [0.5, 0.6) is 5.75 Å². The van der Waals surface area contributed by atoms with Gasteiger partial charge in [0, 0.05) is 11.1 Å². The Balaban J connectivity index is 2.12. The van der Waals surface area contributed by atoms with Crippen molar-refractivity contribution in [2.45, 2.75) is 0 Å². The third-order valence-electron chi connectivity index (χ3n) is 3.02. The predicted molar refractivity (Wildman–Crippen MR) is 74.5 cm³/mol. The standard InChI is InChI=1S/C15H11FN2O3/c1-20-13-6-5-11(16)8-12(13)9-3-2-4-10(7-9)14-17-18-15(19)21-14/h2-8H,1H3,(H,18,19). The van der Waals surface area contributed by atoms with Gasteiger partial charge in [-0.15, -0.1) is 5.10 Å². The third kappa shape index (κ3) is 2.55. The number of methoxy groups -OCH3 is 1. The Morgan fingerprint density at radius 2 is 2.00 bits per heavy atom. The largest absolute Gasteiger partial charge is 0.496 e. The van der Waals surface area contributed by atoms with Crippen LogP contribution in [0.25, 0.3) is 22.6 Å². The number of nitrogens with one attached hydrogen (secondary N) is 1. The maximum absolute atomic E-state index is 13.5. The Morgan fingerprint density at radius 3 is 2.71 bits per heavy atom. The molecule has 106 valence electrons. The fourth-order valence-electron chi connectivity index (χ4n) is 2.08. The summed E-state index contributed by atoms with van der Waals surface area (Å²) in [5.74, 6) is -0.254. The van der Waals surface area contributed by atoms with Gasteiger partial charge in [0.1, 0.15) is 11.6 Å². The van der Waals surface area contributed by atoms with Crippen LogP contribution < -0.4 is 10.5 Å². The van der Waals surface area contributed by atoms with Crippen LogP contribution in [0.3, 0.4) is 0 Å². The SMILES string of the molecule is COc1ccc(F)cc1-c1cccc(-c2n[nH]c(=O)o2)c1. The minimum absolute atomic E-state index is 0.178. The van der Waals surface area contributed by atoms with Crippen LogP contribution in [0.2, 0.25) is 0 Å². The number of hydrogen-bond donors (Lipinski definition) is 1. The van der Waals surface area contributed by atoms with E-state index >= 15 is 0 Å². The number of nitrogens with zero attached hydrogens (tertiary/aromatic N) is 1. The second kappa shape index (κ2) is 5.24. The summed E-state index contributed by atoms with van der Waals surface area (Å²) < 4.78 is 23.6. The van der Waals surface area contributed by atoms with Crippen LogP contribution in [0.1, 0.15) is 0 Å². The number of benzene rings is 2. The van der Waals surface area contributed by atoms with E-state index in [1.165, 1.54) is 19.2 Å². The maximum atomic E-state index is 13.5. The van der Waals surface area contributed by atoms with Gasteiger partial charge < -0.3 is 9.15 Å². The molecule has 3 rings (SSSR count). The normalized spacial score (nSPS) is 10.6. The molecule has 0 amide bonds. The molecule has 1 aromatic heterocycles. The van der Waals surface area contributed by atoms with Gasteiger partial charge in [-0.3, -0.25) is 0 Å². The van der Waals surface area contributed by atoms with E-state index in [1.807, 2.05) is 6.07 Å². The number of ether oxygens (including phenoxy) is 1. The Hall–Kier alpha value is -2.89. The molecule has 0 aliphatic rings. The number of aromatic nitrogens is 2. The molecular weight excluding hydrogens is 275 g/mol. The van der Waals surface area contributed by atoms with Crippen LogP contribution in [-0.4, -0.2) is 17.3 Å². The first-order chi connectivity index (χ1) is 10.2. The van der Waals surface area contributed by atoms with Gasteiger partial charge in [0.25, 0.3) is 0 Å². The summed E-state index contributed by atoms with van der Waals surface area (Å²) in [7, 11) is 1.52. The topological polar surface area (TPSA) is 68.1 Å². The number of H-pyrrole nitrogens is 1. The molecule has 0 spiro atoms. The average Bonchev–Trinajstić information content (AvgIpc) is 2.94. The third-order valence-corrected chi connectivity index (χ3v) is 3.02. The van der Waals surface area contributed by atoms with E-state index in [9.17, 15) is 9.18 Å². The fourth-order valence-corrected chi connectivity index (χ4v) is 2.08. The molecule has 21 heavy (non-hydrogen) atoms. The molecule has 3 aromatic rings. The van der Waals surface area contributed by atoms with Crippen molar-refractivity contribution in [2.24, 2.45) is 0 Å². The summed E-state index contributed by atoms with van der Waals surface area (Å²) in [6.07, 6.45) is 0. The van der Waals surface area contributed by atoms with Crippen molar-refractivity contribution in [3.63, 3.8) is 0 Å². The van der Waals surface area contributed by atoms with Crippen molar-refractivity contribution in [3.8, 4) is 28.3 Å². The molecule has 1 N–H and O–H groups in total. The Labute approximate surface area is 119 Å². The zero-order chi connectivity index (χ0) is 14.8. The van der Waals surface area contributed by atoms with Crippen LogP contribution in [-0.2, 0) is 0 Å². The van der Waals surface area contributed by atoms with E-state index < -0.39 is 5.76 Å². The van der Waals surface area contributed by atoms with Gasteiger partial charge in [-0.05, 0) is 35.9 Å². The predicted octanol–water partition coefficient (Wildman–Crippen LogP) is 2.84. The molecule has 0 aliphatic heterocycles. The lowest BCUT2D eigenvalue weighted by Crippen LogP contribution is -1.93. The maximum Gasteiger partial charge on any atom is 0.434 e. The van der Waals surface area contributed by atoms with E-state index in [2.05, 4.69) is 10.2 Å². The van der Waals surface area contributed by atoms with E-state index in [0.717, 1.165) is 5.56 Å². The van der Waals surface area contributed by atoms with Gasteiger partial charge in [-0.2, -0.15) is 0 Å². The van der Waals surface area contributed by atoms with Gasteiger partial charge >= 0.3 is 5.76 Å². The fraction of sp³-hybridized carbons (Fsp3) is 0.0667. The quantitative estimate of drug-likeness (QED) is 0.804. The lowest BCUT2D eigenvalue weighted by molar-refractivity contribution is 0.415. The highest BCUT2D eigenvalue weighted by Gasteiger charge is 2.10. The first-order valence-electron chi connectivity index (χ1n) is 6.17. The summed E-state index contributed by atoms with van der Waals surface area (Å²) >= 11 is 0. The molecule has 0 bridgehead atoms. The molecule has 2 aromatic carbocycles. The summed E-state index contributed by atoms with van der Waals surface area (Å²) in [5, 5.41) is 5.97. The summed E-state index contributed by atoms with van der Waals surface area (Å²) in [6, 6.07) is 11.4. The van der Waals surface area contributed by atoms with Crippen molar-refractivity contribution in [3.05, 3.63) is 58.8 Å². The Morgan fingerprint density at radius 1 is 1.19 bits per heavy atom. The van der Waals surface area contributed by atoms with E-state index in [4.69, 9.17) is 9.15 Å². The Bertz CT molecular complexity index is 839. The van der Waals surface area contributed by atoms with Gasteiger partial charge in [0.2, 0.25) is 5.89 Å². The van der Waals surface area contributed by atoms with Crippen molar-refractivity contribution in [1.29, 1.82) is 0 Å². The summed E-state index contributed by atoms with van der Waals surface area (Å²) in [6.45, 7) is 0. The number of rotatable bonds is 3. The minimum Gasteiger partial charge on any atom is -0.496 e. The molecule has 5 nitrogen and oxygen atoms in total. The van der Waals surface area contributed by atoms with Crippen molar-refractivity contribution in [2.75, 3.05) is 7.11 Å². The van der Waals surface area contributed by atoms with Crippen molar-refractivity contribution < 1.29 is 13.5 Å². The van der Waals surface area contributed by atoms with Crippen molar-refractivity contribution in [1.82, 2.24) is 10.2 Å². The molecule has 0 saturated heterocycles. The van der Waals surface area contributed by atoms with E-state index in [1.54, 1.807) is 24.3 Å². The number of hydrogen-bond acceptors (Lipinski definition) is 4. The summed E-state index contributed by atoms with van der Waals surface area (Å²) in [4.78, 5) is 11.0. The first kappa shape index (κ1) is 13.1. The second-order valence-electron chi connectivity index (χ2n) is 4.34. The molecule has 1 heterocycles. The lowest BCUT2D eigenvalue weighted by Gasteiger charge is -2.09. The molecule has 0 aliphatic carbocycles. The Kier molecular flexibility index (Phi) is 3.27. The molecule has 0 saturated carbocycles. The summed E-state index contributed by atoms with van der Waals surface area (Å²) in [5.41, 5.74) is 1.95.